The summed E-state index contributed by atoms with van der Waals surface area (Å²) in [4.78, 5) is 37.5. The molecule has 0 bridgehead atoms. The molecule has 10 heteroatoms. The van der Waals surface area contributed by atoms with Gasteiger partial charge in [0.05, 0.1) is 0 Å². The van der Waals surface area contributed by atoms with Gasteiger partial charge in [0.2, 0.25) is 0 Å². The Morgan fingerprint density at radius 1 is 1.17 bits per heavy atom. The van der Waals surface area contributed by atoms with E-state index in [0.717, 1.165) is 0 Å². The first kappa shape index (κ1) is 18.3. The summed E-state index contributed by atoms with van der Waals surface area (Å²) in [5.74, 6) is 0. The summed E-state index contributed by atoms with van der Waals surface area (Å²) >= 11 is 0. The number of nitrogens with two attached hydrogens (primary N) is 1. The van der Waals surface area contributed by atoms with Crippen LogP contribution in [0.1, 0.15) is 5.56 Å². The van der Waals surface area contributed by atoms with Crippen molar-refractivity contribution < 1.29 is 58.3 Å². The summed E-state index contributed by atoms with van der Waals surface area (Å²) < 4.78 is 21.9. The van der Waals surface area contributed by atoms with E-state index in [9.17, 15) is 14.0 Å². The van der Waals surface area contributed by atoms with Gasteiger partial charge in [0, 0.05) is 5.69 Å². The third-order valence-electron chi connectivity index (χ3n) is 2.16. The minimum absolute atomic E-state index is 0. The SMILES string of the molecule is Nc1ccc(CC(P(=O)([O-])O)P(=O)(O)O)cc1.[Na+]. The average molecular weight is 303 g/mol. The third-order valence-corrected chi connectivity index (χ3v) is 5.84. The number of hydrogen-bond donors (Lipinski definition) is 4. The van der Waals surface area contributed by atoms with Crippen LogP contribution >= 0.6 is 15.2 Å². The molecule has 1 rings (SSSR count). The molecule has 7 nitrogen and oxygen atoms in total. The molecular weight excluding hydrogens is 291 g/mol. The van der Waals surface area contributed by atoms with E-state index >= 15 is 0 Å². The van der Waals surface area contributed by atoms with Gasteiger partial charge in [-0.25, -0.2) is 0 Å². The summed E-state index contributed by atoms with van der Waals surface area (Å²) in [6.07, 6.45) is -0.470. The van der Waals surface area contributed by atoms with Crippen LogP contribution in [0.25, 0.3) is 0 Å². The van der Waals surface area contributed by atoms with Crippen LogP contribution in [0.5, 0.6) is 0 Å². The molecule has 0 saturated carbocycles. The molecule has 0 radical (unpaired) electrons. The Balaban J connectivity index is 0.00000289. The first-order chi connectivity index (χ1) is 7.60. The molecule has 0 aliphatic carbocycles. The van der Waals surface area contributed by atoms with E-state index in [1.54, 1.807) is 0 Å². The van der Waals surface area contributed by atoms with Crippen LogP contribution in [-0.2, 0) is 15.6 Å². The quantitative estimate of drug-likeness (QED) is 0.261. The van der Waals surface area contributed by atoms with E-state index in [1.807, 2.05) is 0 Å². The van der Waals surface area contributed by atoms with Gasteiger partial charge >= 0.3 is 37.2 Å². The van der Waals surface area contributed by atoms with E-state index < -0.39 is 27.0 Å². The Bertz CT molecular complexity index is 459. The summed E-state index contributed by atoms with van der Waals surface area (Å²) in [6, 6.07) is 5.82. The Labute approximate surface area is 126 Å². The normalized spacial score (nSPS) is 16.4. The van der Waals surface area contributed by atoms with Crippen LogP contribution < -0.4 is 40.2 Å². The van der Waals surface area contributed by atoms with Crippen molar-refractivity contribution in [1.29, 1.82) is 0 Å². The molecule has 0 aromatic heterocycles. The second-order valence-electron chi connectivity index (χ2n) is 3.58. The third kappa shape index (κ3) is 5.53. The molecule has 5 N–H and O–H groups in total. The zero-order chi connectivity index (χ0) is 13.3. The Kier molecular flexibility index (Phi) is 6.78. The van der Waals surface area contributed by atoms with Crippen molar-refractivity contribution in [3.63, 3.8) is 0 Å². The molecule has 18 heavy (non-hydrogen) atoms. The van der Waals surface area contributed by atoms with Crippen LogP contribution in [0.4, 0.5) is 5.69 Å². The van der Waals surface area contributed by atoms with Gasteiger partial charge in [-0.15, -0.1) is 0 Å². The van der Waals surface area contributed by atoms with Crippen molar-refractivity contribution in [2.45, 2.75) is 11.8 Å². The molecule has 0 aliphatic rings. The number of nitrogen functional groups attached to an aromatic ring is 1. The molecule has 1 aromatic carbocycles. The fraction of sp³-hybridized carbons (Fsp3) is 0.250. The molecular formula is C8H12NNaO6P2. The Morgan fingerprint density at radius 3 is 1.94 bits per heavy atom. The van der Waals surface area contributed by atoms with Crippen LogP contribution in [0.2, 0.25) is 0 Å². The van der Waals surface area contributed by atoms with Crippen molar-refractivity contribution in [3.05, 3.63) is 29.8 Å². The van der Waals surface area contributed by atoms with Gasteiger partial charge in [0.1, 0.15) is 13.0 Å². The van der Waals surface area contributed by atoms with Crippen LogP contribution in [-0.4, -0.2) is 20.1 Å². The predicted octanol–water partition coefficient (Wildman–Crippen LogP) is -3.14. The second kappa shape index (κ2) is 6.66. The van der Waals surface area contributed by atoms with E-state index in [-0.39, 0.29) is 29.6 Å². The van der Waals surface area contributed by atoms with Crippen molar-refractivity contribution in [2.24, 2.45) is 0 Å². The van der Waals surface area contributed by atoms with Crippen LogP contribution in [0.15, 0.2) is 24.3 Å². The number of anilines is 1. The molecule has 0 fully saturated rings. The molecule has 96 valence electrons. The largest absolute Gasteiger partial charge is 1.00 e. The summed E-state index contributed by atoms with van der Waals surface area (Å²) in [5, 5.41) is -2.13. The van der Waals surface area contributed by atoms with Crippen molar-refractivity contribution in [3.8, 4) is 0 Å². The van der Waals surface area contributed by atoms with Crippen molar-refractivity contribution >= 4 is 20.9 Å². The maximum atomic E-state index is 11.0. The fourth-order valence-electron chi connectivity index (χ4n) is 1.29. The van der Waals surface area contributed by atoms with Gasteiger partial charge in [-0.2, -0.15) is 0 Å². The van der Waals surface area contributed by atoms with Crippen LogP contribution in [0.3, 0.4) is 0 Å². The van der Waals surface area contributed by atoms with Crippen molar-refractivity contribution in [1.82, 2.24) is 0 Å². The minimum atomic E-state index is -5.12. The van der Waals surface area contributed by atoms with E-state index in [4.69, 9.17) is 20.4 Å². The Hall–Kier alpha value is 0.320. The topological polar surface area (TPSA) is 144 Å². The van der Waals surface area contributed by atoms with Gasteiger partial charge in [0.25, 0.3) is 0 Å². The van der Waals surface area contributed by atoms with Gasteiger partial charge in [-0.05, 0) is 24.1 Å². The molecule has 0 aliphatic heterocycles. The monoisotopic (exact) mass is 303 g/mol. The van der Waals surface area contributed by atoms with E-state index in [0.29, 0.717) is 11.3 Å². The average Bonchev–Trinajstić information content (AvgIpc) is 2.13. The molecule has 0 saturated heterocycles. The van der Waals surface area contributed by atoms with Gasteiger partial charge in [0.15, 0.2) is 0 Å². The summed E-state index contributed by atoms with van der Waals surface area (Å²) in [6.45, 7) is 0. The summed E-state index contributed by atoms with van der Waals surface area (Å²) in [5.41, 5.74) is 6.21. The van der Waals surface area contributed by atoms with Gasteiger partial charge in [-0.3, -0.25) is 4.57 Å². The minimum Gasteiger partial charge on any atom is -0.778 e. The Morgan fingerprint density at radius 2 is 1.61 bits per heavy atom. The summed E-state index contributed by atoms with van der Waals surface area (Å²) in [7, 11) is -10.1. The second-order valence-corrected chi connectivity index (χ2v) is 7.54. The van der Waals surface area contributed by atoms with E-state index in [2.05, 4.69) is 0 Å². The maximum Gasteiger partial charge on any atom is 1.00 e. The number of benzene rings is 1. The van der Waals surface area contributed by atoms with Crippen LogP contribution in [0, 0.1) is 0 Å². The smallest absolute Gasteiger partial charge is 0.778 e. The van der Waals surface area contributed by atoms with E-state index in [1.165, 1.54) is 24.3 Å². The molecule has 0 heterocycles. The maximum absolute atomic E-state index is 11.0. The number of rotatable bonds is 4. The molecule has 2 atom stereocenters. The van der Waals surface area contributed by atoms with Crippen molar-refractivity contribution in [2.75, 3.05) is 5.73 Å². The zero-order valence-electron chi connectivity index (χ0n) is 9.63. The molecule has 0 amide bonds. The first-order valence-electron chi connectivity index (χ1n) is 4.54. The number of hydrogen-bond acceptors (Lipinski definition) is 4. The zero-order valence-corrected chi connectivity index (χ0v) is 13.4. The van der Waals surface area contributed by atoms with Gasteiger partial charge < -0.3 is 29.9 Å². The first-order valence-corrected chi connectivity index (χ1v) is 7.86. The molecule has 0 spiro atoms. The predicted molar refractivity (Wildman–Crippen MR) is 60.2 cm³/mol. The molecule has 1 aromatic rings. The van der Waals surface area contributed by atoms with Gasteiger partial charge in [-0.1, -0.05) is 12.1 Å². The molecule has 2 unspecified atom stereocenters. The fourth-order valence-corrected chi connectivity index (χ4v) is 3.70. The standard InChI is InChI=1S/C8H13NO6P2.Na/c9-7-3-1-6(2-4-7)5-8(16(10,11)12)17(13,14)15;/h1-4,8H,5,9H2,(H2,10,11,12)(H2,13,14,15);/q;+1/p-1.